The Hall–Kier alpha value is -4.43. The van der Waals surface area contributed by atoms with Gasteiger partial charge < -0.3 is 14.2 Å². The number of benzene rings is 3. The minimum absolute atomic E-state index is 0.197. The van der Waals surface area contributed by atoms with Crippen molar-refractivity contribution in [2.75, 3.05) is 14.2 Å². The van der Waals surface area contributed by atoms with Gasteiger partial charge in [0.15, 0.2) is 17.3 Å². The molecule has 2 aromatic heterocycles. The summed E-state index contributed by atoms with van der Waals surface area (Å²) in [4.78, 5) is 17.9. The number of hydrogen-bond acceptors (Lipinski definition) is 7. The van der Waals surface area contributed by atoms with Crippen LogP contribution in [-0.4, -0.2) is 28.8 Å². The average Bonchev–Trinajstić information content (AvgIpc) is 3.45. The number of aromatic nitrogens is 3. The Morgan fingerprint density at radius 2 is 1.64 bits per heavy atom. The van der Waals surface area contributed by atoms with Crippen LogP contribution in [0.1, 0.15) is 22.5 Å². The molecule has 7 nitrogen and oxygen atoms in total. The van der Waals surface area contributed by atoms with Crippen LogP contribution in [0.5, 0.6) is 17.2 Å². The van der Waals surface area contributed by atoms with Gasteiger partial charge in [-0.25, -0.2) is 0 Å². The summed E-state index contributed by atoms with van der Waals surface area (Å²) in [6.07, 6.45) is 5.46. The van der Waals surface area contributed by atoms with Crippen LogP contribution in [-0.2, 0) is 6.61 Å². The molecule has 0 atom stereocenters. The first kappa shape index (κ1) is 23.3. The Kier molecular flexibility index (Phi) is 6.77. The number of hydrogen-bond donors (Lipinski definition) is 0. The monoisotopic (exact) mass is 497 g/mol. The topological polar surface area (TPSA) is 75.0 Å². The highest BCUT2D eigenvalue weighted by molar-refractivity contribution is 7.15. The van der Waals surface area contributed by atoms with E-state index in [9.17, 15) is 4.79 Å². The zero-order chi connectivity index (χ0) is 24.9. The van der Waals surface area contributed by atoms with Gasteiger partial charge in [-0.3, -0.25) is 4.79 Å². The zero-order valence-electron chi connectivity index (χ0n) is 19.8. The molecule has 36 heavy (non-hydrogen) atoms. The van der Waals surface area contributed by atoms with Gasteiger partial charge in [0.25, 0.3) is 5.56 Å². The lowest BCUT2D eigenvalue weighted by Crippen LogP contribution is -2.23. The molecule has 0 aliphatic rings. The molecule has 3 aromatic carbocycles. The molecule has 0 unspecified atom stereocenters. The molecular weight excluding hydrogens is 474 g/mol. The van der Waals surface area contributed by atoms with E-state index >= 15 is 0 Å². The molecule has 0 amide bonds. The first-order valence-electron chi connectivity index (χ1n) is 11.2. The lowest BCUT2D eigenvalue weighted by molar-refractivity contribution is 0.306. The van der Waals surface area contributed by atoms with Crippen LogP contribution in [0.25, 0.3) is 23.2 Å². The summed E-state index contributed by atoms with van der Waals surface area (Å²) in [5, 5.41) is 4.35. The zero-order valence-corrected chi connectivity index (χ0v) is 20.6. The van der Waals surface area contributed by atoms with Gasteiger partial charge in [0, 0.05) is 0 Å². The highest BCUT2D eigenvalue weighted by Crippen LogP contribution is 2.28. The molecule has 0 saturated carbocycles. The maximum absolute atomic E-state index is 12.9. The maximum atomic E-state index is 12.9. The van der Waals surface area contributed by atoms with E-state index < -0.39 is 0 Å². The van der Waals surface area contributed by atoms with Crippen LogP contribution < -0.4 is 24.3 Å². The Labute approximate surface area is 211 Å². The lowest BCUT2D eigenvalue weighted by Gasteiger charge is -2.07. The molecule has 5 rings (SSSR count). The van der Waals surface area contributed by atoms with Crippen LogP contribution >= 0.6 is 11.3 Å². The van der Waals surface area contributed by atoms with E-state index in [2.05, 4.69) is 10.1 Å². The van der Waals surface area contributed by atoms with Crippen molar-refractivity contribution in [3.8, 4) is 17.2 Å². The van der Waals surface area contributed by atoms with Gasteiger partial charge in [0.1, 0.15) is 12.4 Å². The van der Waals surface area contributed by atoms with E-state index in [0.29, 0.717) is 33.4 Å². The summed E-state index contributed by atoms with van der Waals surface area (Å²) >= 11 is 1.30. The number of fused-ring (bicyclic) bond motifs is 1. The van der Waals surface area contributed by atoms with Crippen LogP contribution in [0.3, 0.4) is 0 Å². The van der Waals surface area contributed by atoms with Gasteiger partial charge >= 0.3 is 0 Å². The second kappa shape index (κ2) is 10.5. The molecule has 0 spiro atoms. The molecular formula is C28H23N3O4S. The number of nitrogens with zero attached hydrogens (tertiary/aromatic N) is 3. The summed E-state index contributed by atoms with van der Waals surface area (Å²) in [6, 6.07) is 23.2. The molecule has 0 aliphatic heterocycles. The molecule has 0 radical (unpaired) electrons. The van der Waals surface area contributed by atoms with Gasteiger partial charge in [0.05, 0.1) is 18.8 Å². The van der Waals surface area contributed by atoms with Crippen molar-refractivity contribution >= 4 is 34.5 Å². The SMILES string of the molecule is COc1ccc(/C=C/c2nc3s/c(=C\c4ccc(OCc5ccccc5)cc4)c(=O)n3n2)cc1OC. The number of methoxy groups -OCH3 is 2. The molecule has 0 bridgehead atoms. The molecule has 0 saturated heterocycles. The lowest BCUT2D eigenvalue weighted by atomic mass is 10.2. The summed E-state index contributed by atoms with van der Waals surface area (Å²) in [7, 11) is 3.19. The summed E-state index contributed by atoms with van der Waals surface area (Å²) in [6.45, 7) is 0.505. The van der Waals surface area contributed by atoms with Gasteiger partial charge in [-0.1, -0.05) is 65.9 Å². The molecule has 5 aromatic rings. The quantitative estimate of drug-likeness (QED) is 0.315. The van der Waals surface area contributed by atoms with Crippen molar-refractivity contribution in [1.29, 1.82) is 0 Å². The smallest absolute Gasteiger partial charge is 0.291 e. The van der Waals surface area contributed by atoms with Crippen LogP contribution in [0.4, 0.5) is 0 Å². The summed E-state index contributed by atoms with van der Waals surface area (Å²) in [5.41, 5.74) is 2.71. The van der Waals surface area contributed by atoms with Crippen molar-refractivity contribution in [2.45, 2.75) is 6.61 Å². The molecule has 2 heterocycles. The standard InChI is InChI=1S/C28H23N3O4S/c1-33-23-14-10-19(16-24(23)34-2)11-15-26-29-28-31(30-26)27(32)25(36-28)17-20-8-12-22(13-9-20)35-18-21-6-4-3-5-7-21/h3-17H,18H2,1-2H3/b15-11+,25-17-. The highest BCUT2D eigenvalue weighted by atomic mass is 32.1. The second-order valence-electron chi connectivity index (χ2n) is 7.87. The average molecular weight is 498 g/mol. The normalized spacial score (nSPS) is 11.9. The number of thiazole rings is 1. The van der Waals surface area contributed by atoms with E-state index in [0.717, 1.165) is 22.4 Å². The van der Waals surface area contributed by atoms with Gasteiger partial charge in [-0.15, -0.1) is 5.10 Å². The van der Waals surface area contributed by atoms with Crippen LogP contribution in [0.15, 0.2) is 77.6 Å². The third-order valence-electron chi connectivity index (χ3n) is 5.46. The fourth-order valence-corrected chi connectivity index (χ4v) is 4.51. The third-order valence-corrected chi connectivity index (χ3v) is 6.42. The van der Waals surface area contributed by atoms with E-state index in [1.807, 2.05) is 84.9 Å². The summed E-state index contributed by atoms with van der Waals surface area (Å²) in [5.74, 6) is 2.52. The van der Waals surface area contributed by atoms with Crippen molar-refractivity contribution in [1.82, 2.24) is 14.6 Å². The minimum Gasteiger partial charge on any atom is -0.493 e. The highest BCUT2D eigenvalue weighted by Gasteiger charge is 2.09. The predicted octanol–water partition coefficient (Wildman–Crippen LogP) is 4.47. The first-order chi connectivity index (χ1) is 17.6. The third kappa shape index (κ3) is 5.13. The second-order valence-corrected chi connectivity index (χ2v) is 8.88. The van der Waals surface area contributed by atoms with Crippen molar-refractivity contribution in [3.05, 3.63) is 110 Å². The molecule has 0 fully saturated rings. The molecule has 0 aliphatic carbocycles. The number of rotatable bonds is 8. The van der Waals surface area contributed by atoms with Gasteiger partial charge in [0.2, 0.25) is 4.96 Å². The van der Waals surface area contributed by atoms with Gasteiger partial charge in [-0.2, -0.15) is 9.50 Å². The molecule has 180 valence electrons. The Balaban J connectivity index is 1.31. The van der Waals surface area contributed by atoms with Crippen LogP contribution in [0.2, 0.25) is 0 Å². The Morgan fingerprint density at radius 1 is 0.889 bits per heavy atom. The fraction of sp³-hybridized carbons (Fsp3) is 0.107. The predicted molar refractivity (Wildman–Crippen MR) is 142 cm³/mol. The Bertz CT molecular complexity index is 1620. The van der Waals surface area contributed by atoms with Gasteiger partial charge in [-0.05, 0) is 53.1 Å². The fourth-order valence-electron chi connectivity index (χ4n) is 3.60. The van der Waals surface area contributed by atoms with Crippen LogP contribution in [0, 0.1) is 0 Å². The van der Waals surface area contributed by atoms with E-state index in [1.54, 1.807) is 20.3 Å². The van der Waals surface area contributed by atoms with E-state index in [1.165, 1.54) is 15.9 Å². The van der Waals surface area contributed by atoms with E-state index in [4.69, 9.17) is 14.2 Å². The molecule has 8 heteroatoms. The Morgan fingerprint density at radius 3 is 2.36 bits per heavy atom. The summed E-state index contributed by atoms with van der Waals surface area (Å²) < 4.78 is 18.3. The van der Waals surface area contributed by atoms with E-state index in [-0.39, 0.29) is 5.56 Å². The number of ether oxygens (including phenoxy) is 3. The minimum atomic E-state index is -0.197. The molecule has 0 N–H and O–H groups in total. The van der Waals surface area contributed by atoms with Crippen molar-refractivity contribution in [2.24, 2.45) is 0 Å². The maximum Gasteiger partial charge on any atom is 0.291 e. The first-order valence-corrected chi connectivity index (χ1v) is 12.0. The van der Waals surface area contributed by atoms with Crippen molar-refractivity contribution < 1.29 is 14.2 Å². The largest absolute Gasteiger partial charge is 0.493 e. The van der Waals surface area contributed by atoms with Crippen molar-refractivity contribution in [3.63, 3.8) is 0 Å².